The van der Waals surface area contributed by atoms with Crippen LogP contribution in [-0.4, -0.2) is 42.6 Å². The number of ether oxygens (including phenoxy) is 1. The largest absolute Gasteiger partial charge is 0.453 e. The molecule has 2 aliphatic rings. The highest BCUT2D eigenvalue weighted by Gasteiger charge is 2.42. The lowest BCUT2D eigenvalue weighted by Crippen LogP contribution is -2.53. The number of fused-ring (bicyclic) bond motifs is 2. The first-order valence-electron chi connectivity index (χ1n) is 6.68. The van der Waals surface area contributed by atoms with Gasteiger partial charge in [0.2, 0.25) is 5.91 Å². The molecular weight excluding hydrogens is 232 g/mol. The zero-order valence-corrected chi connectivity index (χ0v) is 11.3. The standard InChI is InChI=1S/C13H22N2O3/c1-8(2)11(14-13(17)18-3)12(16)15-7-9-4-5-10(15)6-9/h8-11H,4-7H2,1-3H3,(H,14,17)/t9-,10+,11-/m0/s1. The molecule has 2 rings (SSSR count). The van der Waals surface area contributed by atoms with Crippen molar-refractivity contribution in [2.75, 3.05) is 13.7 Å². The molecule has 2 fully saturated rings. The highest BCUT2D eigenvalue weighted by atomic mass is 16.5. The van der Waals surface area contributed by atoms with Crippen molar-refractivity contribution >= 4 is 12.0 Å². The van der Waals surface area contributed by atoms with E-state index in [0.717, 1.165) is 19.4 Å². The van der Waals surface area contributed by atoms with Crippen LogP contribution in [-0.2, 0) is 9.53 Å². The summed E-state index contributed by atoms with van der Waals surface area (Å²) < 4.78 is 4.58. The van der Waals surface area contributed by atoms with Gasteiger partial charge in [-0.15, -0.1) is 0 Å². The van der Waals surface area contributed by atoms with Gasteiger partial charge in [-0.3, -0.25) is 4.79 Å². The average molecular weight is 254 g/mol. The molecule has 0 unspecified atom stereocenters. The van der Waals surface area contributed by atoms with Crippen LogP contribution in [0.1, 0.15) is 33.1 Å². The number of rotatable bonds is 3. The van der Waals surface area contributed by atoms with Crippen LogP contribution in [0.5, 0.6) is 0 Å². The minimum absolute atomic E-state index is 0.0441. The first-order chi connectivity index (χ1) is 8.52. The van der Waals surface area contributed by atoms with Crippen molar-refractivity contribution < 1.29 is 14.3 Å². The SMILES string of the molecule is COC(=O)N[C@H](C(=O)N1C[C@H]2CC[C@@H]1C2)C(C)C. The summed E-state index contributed by atoms with van der Waals surface area (Å²) in [5, 5.41) is 2.65. The molecule has 18 heavy (non-hydrogen) atoms. The van der Waals surface area contributed by atoms with Crippen LogP contribution < -0.4 is 5.32 Å². The summed E-state index contributed by atoms with van der Waals surface area (Å²) in [6.07, 6.45) is 2.95. The molecular formula is C13H22N2O3. The molecule has 1 saturated heterocycles. The summed E-state index contributed by atoms with van der Waals surface area (Å²) in [5.74, 6) is 0.781. The molecule has 1 N–H and O–H groups in total. The van der Waals surface area contributed by atoms with E-state index in [1.165, 1.54) is 13.5 Å². The molecule has 5 heteroatoms. The number of carbonyl (C=O) groups excluding carboxylic acids is 2. The Morgan fingerprint density at radius 3 is 2.50 bits per heavy atom. The lowest BCUT2D eigenvalue weighted by molar-refractivity contribution is -0.136. The van der Waals surface area contributed by atoms with Gasteiger partial charge in [0.1, 0.15) is 6.04 Å². The average Bonchev–Trinajstić information content (AvgIpc) is 2.96. The van der Waals surface area contributed by atoms with Gasteiger partial charge in [0, 0.05) is 12.6 Å². The van der Waals surface area contributed by atoms with Crippen molar-refractivity contribution in [3.8, 4) is 0 Å². The quantitative estimate of drug-likeness (QED) is 0.827. The first-order valence-corrected chi connectivity index (χ1v) is 6.68. The molecule has 1 heterocycles. The fourth-order valence-corrected chi connectivity index (χ4v) is 3.07. The van der Waals surface area contributed by atoms with E-state index in [-0.39, 0.29) is 11.8 Å². The number of hydrogen-bond donors (Lipinski definition) is 1. The van der Waals surface area contributed by atoms with Gasteiger partial charge in [-0.25, -0.2) is 4.79 Å². The third kappa shape index (κ3) is 2.44. The third-order valence-corrected chi connectivity index (χ3v) is 4.08. The van der Waals surface area contributed by atoms with Crippen LogP contribution >= 0.6 is 0 Å². The maximum Gasteiger partial charge on any atom is 0.407 e. The van der Waals surface area contributed by atoms with Crippen molar-refractivity contribution in [1.29, 1.82) is 0 Å². The summed E-state index contributed by atoms with van der Waals surface area (Å²) in [7, 11) is 1.31. The number of hydrogen-bond acceptors (Lipinski definition) is 3. The van der Waals surface area contributed by atoms with Gasteiger partial charge < -0.3 is 15.0 Å². The number of nitrogens with zero attached hydrogens (tertiary/aromatic N) is 1. The van der Waals surface area contributed by atoms with Gasteiger partial charge in [-0.1, -0.05) is 13.8 Å². The van der Waals surface area contributed by atoms with Gasteiger partial charge >= 0.3 is 6.09 Å². The van der Waals surface area contributed by atoms with Gasteiger partial charge in [-0.2, -0.15) is 0 Å². The second-order valence-electron chi connectivity index (χ2n) is 5.68. The molecule has 1 aliphatic carbocycles. The molecule has 1 saturated carbocycles. The van der Waals surface area contributed by atoms with Crippen LogP contribution in [0.15, 0.2) is 0 Å². The summed E-state index contributed by atoms with van der Waals surface area (Å²) >= 11 is 0. The minimum atomic E-state index is -0.536. The monoisotopic (exact) mass is 254 g/mol. The predicted molar refractivity (Wildman–Crippen MR) is 67.0 cm³/mol. The maximum atomic E-state index is 12.5. The van der Waals surface area contributed by atoms with Gasteiger partial charge in [0.05, 0.1) is 7.11 Å². The predicted octanol–water partition coefficient (Wildman–Crippen LogP) is 1.38. The minimum Gasteiger partial charge on any atom is -0.453 e. The molecule has 2 amide bonds. The number of amides is 2. The van der Waals surface area contributed by atoms with Crippen LogP contribution in [0.4, 0.5) is 4.79 Å². The number of piperidine rings is 1. The zero-order valence-electron chi connectivity index (χ0n) is 11.3. The highest BCUT2D eigenvalue weighted by molar-refractivity contribution is 5.86. The van der Waals surface area contributed by atoms with E-state index >= 15 is 0 Å². The fraction of sp³-hybridized carbons (Fsp3) is 0.846. The summed E-state index contributed by atoms with van der Waals surface area (Å²) in [5.41, 5.74) is 0. The number of nitrogens with one attached hydrogen (secondary N) is 1. The van der Waals surface area contributed by atoms with Crippen molar-refractivity contribution in [3.63, 3.8) is 0 Å². The molecule has 102 valence electrons. The Morgan fingerprint density at radius 1 is 1.33 bits per heavy atom. The Bertz CT molecular complexity index is 343. The molecule has 0 aromatic carbocycles. The molecule has 0 spiro atoms. The van der Waals surface area contributed by atoms with E-state index in [1.54, 1.807) is 0 Å². The van der Waals surface area contributed by atoms with E-state index in [1.807, 2.05) is 18.7 Å². The van der Waals surface area contributed by atoms with Crippen LogP contribution in [0.25, 0.3) is 0 Å². The number of methoxy groups -OCH3 is 1. The maximum absolute atomic E-state index is 12.5. The summed E-state index contributed by atoms with van der Waals surface area (Å²) in [4.78, 5) is 25.7. The number of likely N-dealkylation sites (tertiary alicyclic amines) is 1. The zero-order chi connectivity index (χ0) is 13.3. The lowest BCUT2D eigenvalue weighted by Gasteiger charge is -2.32. The Hall–Kier alpha value is -1.26. The van der Waals surface area contributed by atoms with E-state index in [4.69, 9.17) is 0 Å². The second kappa shape index (κ2) is 5.16. The van der Waals surface area contributed by atoms with Crippen LogP contribution in [0.3, 0.4) is 0 Å². The van der Waals surface area contributed by atoms with Gasteiger partial charge in [0.25, 0.3) is 0 Å². The van der Waals surface area contributed by atoms with Crippen LogP contribution in [0.2, 0.25) is 0 Å². The summed E-state index contributed by atoms with van der Waals surface area (Å²) in [6, 6.07) is -0.0833. The van der Waals surface area contributed by atoms with Gasteiger partial charge in [0.15, 0.2) is 0 Å². The van der Waals surface area contributed by atoms with E-state index in [2.05, 4.69) is 10.1 Å². The van der Waals surface area contributed by atoms with Crippen LogP contribution in [0, 0.1) is 11.8 Å². The van der Waals surface area contributed by atoms with E-state index in [9.17, 15) is 9.59 Å². The molecule has 0 radical (unpaired) electrons. The number of carbonyl (C=O) groups is 2. The Kier molecular flexibility index (Phi) is 3.78. The summed E-state index contributed by atoms with van der Waals surface area (Å²) in [6.45, 7) is 4.73. The Labute approximate surface area is 108 Å². The molecule has 0 aromatic heterocycles. The van der Waals surface area contributed by atoms with Crippen molar-refractivity contribution in [2.45, 2.75) is 45.2 Å². The van der Waals surface area contributed by atoms with Crippen molar-refractivity contribution in [2.24, 2.45) is 11.8 Å². The molecule has 3 atom stereocenters. The van der Waals surface area contributed by atoms with Gasteiger partial charge in [-0.05, 0) is 31.1 Å². The highest BCUT2D eigenvalue weighted by Crippen LogP contribution is 2.37. The molecule has 0 aromatic rings. The molecule has 2 bridgehead atoms. The Balaban J connectivity index is 2.02. The van der Waals surface area contributed by atoms with E-state index in [0.29, 0.717) is 12.0 Å². The Morgan fingerprint density at radius 2 is 2.06 bits per heavy atom. The topological polar surface area (TPSA) is 58.6 Å². The normalized spacial score (nSPS) is 27.4. The van der Waals surface area contributed by atoms with E-state index < -0.39 is 12.1 Å². The third-order valence-electron chi connectivity index (χ3n) is 4.08. The smallest absolute Gasteiger partial charge is 0.407 e. The second-order valence-corrected chi connectivity index (χ2v) is 5.68. The fourth-order valence-electron chi connectivity index (χ4n) is 3.07. The number of alkyl carbamates (subject to hydrolysis) is 1. The lowest BCUT2D eigenvalue weighted by atomic mass is 10.0. The molecule has 5 nitrogen and oxygen atoms in total. The van der Waals surface area contributed by atoms with Crippen molar-refractivity contribution in [1.82, 2.24) is 10.2 Å². The van der Waals surface area contributed by atoms with Crippen molar-refractivity contribution in [3.05, 3.63) is 0 Å². The molecule has 1 aliphatic heterocycles. The first kappa shape index (κ1) is 13.2.